The third kappa shape index (κ3) is 1.67. The second kappa shape index (κ2) is 4.34. The molecule has 0 radical (unpaired) electrons. The van der Waals surface area contributed by atoms with E-state index in [9.17, 15) is 0 Å². The van der Waals surface area contributed by atoms with Crippen LogP contribution >= 0.6 is 0 Å². The van der Waals surface area contributed by atoms with Gasteiger partial charge < -0.3 is 5.73 Å². The highest BCUT2D eigenvalue weighted by molar-refractivity contribution is 5.92. The van der Waals surface area contributed by atoms with Crippen molar-refractivity contribution in [1.29, 1.82) is 0 Å². The number of pyridine rings is 1. The maximum atomic E-state index is 6.49. The molecule has 1 heterocycles. The van der Waals surface area contributed by atoms with Crippen molar-refractivity contribution < 1.29 is 0 Å². The molecule has 2 nitrogen and oxygen atoms in total. The number of allylic oxidation sites excluding steroid dienone is 2. The summed E-state index contributed by atoms with van der Waals surface area (Å²) in [6.45, 7) is 2.26. The molecule has 2 atom stereocenters. The standard InChI is InChI=1S/C18H20N2/c1-2-11-7-12-9-13(8-11)17-16(10-12)20-15-6-4-3-5-14(15)18(17)19/h3-6,8,12-13H,2,7,9-10H2,1H3,(H2,19,20)/t12-,13+/m0/s1. The second-order valence-electron chi connectivity index (χ2n) is 6.20. The minimum Gasteiger partial charge on any atom is -0.398 e. The molecule has 2 heteroatoms. The van der Waals surface area contributed by atoms with Gasteiger partial charge in [0.05, 0.1) is 5.52 Å². The van der Waals surface area contributed by atoms with Crippen LogP contribution in [0.25, 0.3) is 10.9 Å². The summed E-state index contributed by atoms with van der Waals surface area (Å²) in [6, 6.07) is 8.26. The van der Waals surface area contributed by atoms with Crippen molar-refractivity contribution in [3.8, 4) is 0 Å². The van der Waals surface area contributed by atoms with E-state index in [1.165, 1.54) is 30.5 Å². The molecule has 2 bridgehead atoms. The number of nitrogens with zero attached hydrogens (tertiary/aromatic N) is 1. The van der Waals surface area contributed by atoms with Gasteiger partial charge in [0.2, 0.25) is 0 Å². The third-order valence-corrected chi connectivity index (χ3v) is 4.93. The maximum absolute atomic E-state index is 6.49. The summed E-state index contributed by atoms with van der Waals surface area (Å²) in [4.78, 5) is 4.90. The molecule has 1 aromatic carbocycles. The zero-order valence-electron chi connectivity index (χ0n) is 11.9. The number of nitrogens with two attached hydrogens (primary N) is 1. The topological polar surface area (TPSA) is 38.9 Å². The van der Waals surface area contributed by atoms with E-state index in [-0.39, 0.29) is 0 Å². The minimum atomic E-state index is 0.490. The third-order valence-electron chi connectivity index (χ3n) is 4.93. The van der Waals surface area contributed by atoms with Crippen molar-refractivity contribution in [3.05, 3.63) is 47.2 Å². The Morgan fingerprint density at radius 2 is 2.10 bits per heavy atom. The molecule has 2 N–H and O–H groups in total. The molecule has 2 aliphatic rings. The van der Waals surface area contributed by atoms with Gasteiger partial charge in [-0.3, -0.25) is 4.98 Å². The molecule has 0 saturated carbocycles. The summed E-state index contributed by atoms with van der Waals surface area (Å²) in [5.74, 6) is 1.25. The van der Waals surface area contributed by atoms with Gasteiger partial charge in [-0.15, -0.1) is 0 Å². The summed E-state index contributed by atoms with van der Waals surface area (Å²) in [6.07, 6.45) is 7.23. The van der Waals surface area contributed by atoms with Crippen LogP contribution in [0.15, 0.2) is 35.9 Å². The normalized spacial score (nSPS) is 24.4. The summed E-state index contributed by atoms with van der Waals surface area (Å²) in [5.41, 5.74) is 12.7. The average Bonchev–Trinajstić information content (AvgIpc) is 2.46. The van der Waals surface area contributed by atoms with Gasteiger partial charge >= 0.3 is 0 Å². The highest BCUT2D eigenvalue weighted by Crippen LogP contribution is 2.46. The van der Waals surface area contributed by atoms with Gasteiger partial charge in [0.25, 0.3) is 0 Å². The summed E-state index contributed by atoms with van der Waals surface area (Å²) in [5, 5.41) is 1.11. The van der Waals surface area contributed by atoms with Crippen molar-refractivity contribution in [2.24, 2.45) is 5.92 Å². The molecule has 2 aromatic rings. The summed E-state index contributed by atoms with van der Waals surface area (Å²) >= 11 is 0. The first kappa shape index (κ1) is 12.0. The maximum Gasteiger partial charge on any atom is 0.0726 e. The number of rotatable bonds is 1. The Bertz CT molecular complexity index is 715. The van der Waals surface area contributed by atoms with E-state index in [4.69, 9.17) is 10.7 Å². The van der Waals surface area contributed by atoms with Crippen molar-refractivity contribution in [2.75, 3.05) is 5.73 Å². The van der Waals surface area contributed by atoms with E-state index in [1.54, 1.807) is 5.57 Å². The van der Waals surface area contributed by atoms with E-state index in [1.807, 2.05) is 12.1 Å². The van der Waals surface area contributed by atoms with Crippen LogP contribution in [-0.2, 0) is 6.42 Å². The zero-order valence-corrected chi connectivity index (χ0v) is 11.9. The fraction of sp³-hybridized carbons (Fsp3) is 0.389. The van der Waals surface area contributed by atoms with Crippen LogP contribution in [0.4, 0.5) is 5.69 Å². The molecule has 20 heavy (non-hydrogen) atoms. The molecule has 102 valence electrons. The Balaban J connectivity index is 1.96. The van der Waals surface area contributed by atoms with Gasteiger partial charge in [-0.2, -0.15) is 0 Å². The molecular formula is C18H20N2. The van der Waals surface area contributed by atoms with Crippen LogP contribution in [0.3, 0.4) is 0 Å². The van der Waals surface area contributed by atoms with E-state index < -0.39 is 0 Å². The monoisotopic (exact) mass is 264 g/mol. The lowest BCUT2D eigenvalue weighted by atomic mass is 9.71. The van der Waals surface area contributed by atoms with Crippen LogP contribution in [-0.4, -0.2) is 4.98 Å². The van der Waals surface area contributed by atoms with Crippen molar-refractivity contribution in [1.82, 2.24) is 4.98 Å². The SMILES string of the molecule is CCC1=C[C@@H]2C[C@H](C1)Cc1nc3ccccc3c(N)c12. The molecule has 0 unspecified atom stereocenters. The van der Waals surface area contributed by atoms with Gasteiger partial charge in [-0.25, -0.2) is 0 Å². The minimum absolute atomic E-state index is 0.490. The number of nitrogen functional groups attached to an aromatic ring is 1. The van der Waals surface area contributed by atoms with Crippen molar-refractivity contribution in [2.45, 2.75) is 38.5 Å². The van der Waals surface area contributed by atoms with Crippen LogP contribution in [0.5, 0.6) is 0 Å². The lowest BCUT2D eigenvalue weighted by molar-refractivity contribution is 0.399. The smallest absolute Gasteiger partial charge is 0.0726 e. The summed E-state index contributed by atoms with van der Waals surface area (Å²) < 4.78 is 0. The summed E-state index contributed by atoms with van der Waals surface area (Å²) in [7, 11) is 0. The van der Waals surface area contributed by atoms with Crippen molar-refractivity contribution >= 4 is 16.6 Å². The van der Waals surface area contributed by atoms with Gasteiger partial charge in [-0.1, -0.05) is 36.8 Å². The molecule has 0 fully saturated rings. The number of hydrogen-bond donors (Lipinski definition) is 1. The zero-order chi connectivity index (χ0) is 13.7. The molecule has 2 aliphatic carbocycles. The lowest BCUT2D eigenvalue weighted by Crippen LogP contribution is -2.24. The predicted octanol–water partition coefficient (Wildman–Crippen LogP) is 4.20. The van der Waals surface area contributed by atoms with E-state index in [0.29, 0.717) is 5.92 Å². The van der Waals surface area contributed by atoms with Crippen LogP contribution in [0.1, 0.15) is 43.4 Å². The van der Waals surface area contributed by atoms with Gasteiger partial charge in [0.1, 0.15) is 0 Å². The number of benzene rings is 1. The molecule has 0 saturated heterocycles. The highest BCUT2D eigenvalue weighted by Gasteiger charge is 2.32. The van der Waals surface area contributed by atoms with Crippen LogP contribution < -0.4 is 5.73 Å². The van der Waals surface area contributed by atoms with Gasteiger partial charge in [-0.05, 0) is 37.7 Å². The van der Waals surface area contributed by atoms with E-state index in [0.717, 1.165) is 28.9 Å². The number of para-hydroxylation sites is 1. The van der Waals surface area contributed by atoms with E-state index in [2.05, 4.69) is 25.1 Å². The Kier molecular flexibility index (Phi) is 2.59. The largest absolute Gasteiger partial charge is 0.398 e. The fourth-order valence-corrected chi connectivity index (χ4v) is 4.00. The molecule has 4 rings (SSSR count). The Labute approximate surface area is 119 Å². The Morgan fingerprint density at radius 3 is 2.95 bits per heavy atom. The van der Waals surface area contributed by atoms with E-state index >= 15 is 0 Å². The molecule has 0 aliphatic heterocycles. The number of anilines is 1. The van der Waals surface area contributed by atoms with Crippen molar-refractivity contribution in [3.63, 3.8) is 0 Å². The first-order valence-electron chi connectivity index (χ1n) is 7.62. The highest BCUT2D eigenvalue weighted by atomic mass is 14.7. The molecule has 1 aromatic heterocycles. The van der Waals surface area contributed by atoms with Crippen LogP contribution in [0.2, 0.25) is 0 Å². The fourth-order valence-electron chi connectivity index (χ4n) is 4.00. The first-order chi connectivity index (χ1) is 9.76. The number of aromatic nitrogens is 1. The second-order valence-corrected chi connectivity index (χ2v) is 6.20. The molecular weight excluding hydrogens is 244 g/mol. The first-order valence-corrected chi connectivity index (χ1v) is 7.62. The Morgan fingerprint density at radius 1 is 1.25 bits per heavy atom. The number of fused-ring (bicyclic) bond motifs is 5. The quantitative estimate of drug-likeness (QED) is 0.784. The predicted molar refractivity (Wildman–Crippen MR) is 83.7 cm³/mol. The lowest BCUT2D eigenvalue weighted by Gasteiger charge is -2.35. The molecule has 0 amide bonds. The molecule has 0 spiro atoms. The van der Waals surface area contributed by atoms with Gasteiger partial charge in [0.15, 0.2) is 0 Å². The average molecular weight is 264 g/mol. The Hall–Kier alpha value is -1.83. The number of hydrogen-bond acceptors (Lipinski definition) is 2. The van der Waals surface area contributed by atoms with Gasteiger partial charge in [0, 0.05) is 28.2 Å². The van der Waals surface area contributed by atoms with Crippen LogP contribution in [0, 0.1) is 5.92 Å².